The Labute approximate surface area is 140 Å². The van der Waals surface area contributed by atoms with Gasteiger partial charge in [0.05, 0.1) is 22.8 Å². The second-order valence-electron chi connectivity index (χ2n) is 4.77. The Bertz CT molecular complexity index is 873. The molecule has 0 aromatic heterocycles. The lowest BCUT2D eigenvalue weighted by atomic mass is 10.2. The third-order valence-corrected chi connectivity index (χ3v) is 4.72. The third-order valence-electron chi connectivity index (χ3n) is 3.13. The van der Waals surface area contributed by atoms with Crippen molar-refractivity contribution in [3.05, 3.63) is 52.5 Å². The van der Waals surface area contributed by atoms with Crippen LogP contribution in [0.15, 0.2) is 41.3 Å². The molecule has 0 spiro atoms. The largest absolute Gasteiger partial charge is 0.492 e. The fourth-order valence-corrected chi connectivity index (χ4v) is 3.27. The van der Waals surface area contributed by atoms with E-state index in [0.29, 0.717) is 23.1 Å². The van der Waals surface area contributed by atoms with Crippen LogP contribution in [0.2, 0.25) is 5.02 Å². The maximum Gasteiger partial charge on any atom is 0.261 e. The molecule has 0 amide bonds. The molecule has 2 aromatic carbocycles. The minimum atomic E-state index is -3.83. The summed E-state index contributed by atoms with van der Waals surface area (Å²) in [5.41, 5.74) is 1.30. The van der Waals surface area contributed by atoms with Crippen molar-refractivity contribution in [3.63, 3.8) is 0 Å². The minimum Gasteiger partial charge on any atom is -0.492 e. The molecular weight excluding hydrogens is 336 g/mol. The highest BCUT2D eigenvalue weighted by Crippen LogP contribution is 2.26. The molecule has 0 radical (unpaired) electrons. The number of aryl methyl sites for hydroxylation is 1. The quantitative estimate of drug-likeness (QED) is 0.891. The van der Waals surface area contributed by atoms with Crippen LogP contribution in [-0.2, 0) is 10.0 Å². The Morgan fingerprint density at radius 2 is 2.00 bits per heavy atom. The lowest BCUT2D eigenvalue weighted by Gasteiger charge is -2.12. The van der Waals surface area contributed by atoms with E-state index < -0.39 is 10.0 Å². The molecule has 0 aliphatic carbocycles. The highest BCUT2D eigenvalue weighted by molar-refractivity contribution is 7.92. The Morgan fingerprint density at radius 1 is 1.26 bits per heavy atom. The monoisotopic (exact) mass is 350 g/mol. The topological polar surface area (TPSA) is 79.2 Å². The number of rotatable bonds is 5. The number of ether oxygens (including phenoxy) is 1. The van der Waals surface area contributed by atoms with E-state index in [0.717, 1.165) is 5.56 Å². The first-order valence-electron chi connectivity index (χ1n) is 6.83. The summed E-state index contributed by atoms with van der Waals surface area (Å²) in [6, 6.07) is 11.0. The molecule has 0 heterocycles. The smallest absolute Gasteiger partial charge is 0.261 e. The predicted molar refractivity (Wildman–Crippen MR) is 89.3 cm³/mol. The van der Waals surface area contributed by atoms with Gasteiger partial charge in [-0.2, -0.15) is 5.26 Å². The van der Waals surface area contributed by atoms with E-state index >= 15 is 0 Å². The first kappa shape index (κ1) is 17.1. The van der Waals surface area contributed by atoms with Gasteiger partial charge in [-0.05, 0) is 49.7 Å². The molecule has 0 saturated heterocycles. The molecule has 0 aliphatic rings. The zero-order valence-electron chi connectivity index (χ0n) is 12.6. The molecule has 0 atom stereocenters. The van der Waals surface area contributed by atoms with E-state index in [4.69, 9.17) is 21.6 Å². The van der Waals surface area contributed by atoms with Crippen molar-refractivity contribution in [2.45, 2.75) is 18.7 Å². The molecule has 23 heavy (non-hydrogen) atoms. The number of nitrogens with zero attached hydrogens (tertiary/aromatic N) is 1. The summed E-state index contributed by atoms with van der Waals surface area (Å²) in [5, 5.41) is 9.57. The minimum absolute atomic E-state index is 0.0168. The van der Waals surface area contributed by atoms with Crippen LogP contribution in [-0.4, -0.2) is 15.0 Å². The average molecular weight is 351 g/mol. The molecule has 0 aliphatic heterocycles. The molecule has 1 N–H and O–H groups in total. The van der Waals surface area contributed by atoms with Gasteiger partial charge in [0.1, 0.15) is 11.8 Å². The van der Waals surface area contributed by atoms with E-state index in [-0.39, 0.29) is 10.5 Å². The predicted octanol–water partition coefficient (Wildman–Crippen LogP) is 3.72. The summed E-state index contributed by atoms with van der Waals surface area (Å²) in [4.78, 5) is -0.0168. The summed E-state index contributed by atoms with van der Waals surface area (Å²) in [6.07, 6.45) is 0. The second kappa shape index (κ2) is 6.90. The summed E-state index contributed by atoms with van der Waals surface area (Å²) < 4.78 is 32.8. The number of benzene rings is 2. The number of nitriles is 1. The number of anilines is 1. The molecule has 0 unspecified atom stereocenters. The Morgan fingerprint density at radius 3 is 2.65 bits per heavy atom. The normalized spacial score (nSPS) is 10.9. The third kappa shape index (κ3) is 3.95. The second-order valence-corrected chi connectivity index (χ2v) is 6.89. The van der Waals surface area contributed by atoms with Gasteiger partial charge in [0.2, 0.25) is 0 Å². The zero-order chi connectivity index (χ0) is 17.0. The summed E-state index contributed by atoms with van der Waals surface area (Å²) >= 11 is 5.90. The standard InChI is InChI=1S/C16H15ClN2O3S/c1-3-22-16-7-6-14(8-12(16)10-18)23(20,21)19-15-9-13(17)5-4-11(15)2/h4-9,19H,3H2,1-2H3. The highest BCUT2D eigenvalue weighted by atomic mass is 35.5. The van der Waals surface area contributed by atoms with Gasteiger partial charge in [-0.25, -0.2) is 8.42 Å². The van der Waals surface area contributed by atoms with Crippen LogP contribution < -0.4 is 9.46 Å². The number of hydrogen-bond donors (Lipinski definition) is 1. The van der Waals surface area contributed by atoms with Crippen molar-refractivity contribution in [1.82, 2.24) is 0 Å². The van der Waals surface area contributed by atoms with Gasteiger partial charge in [0.25, 0.3) is 10.0 Å². The number of hydrogen-bond acceptors (Lipinski definition) is 4. The molecular formula is C16H15ClN2O3S. The number of sulfonamides is 1. The van der Waals surface area contributed by atoms with Gasteiger partial charge >= 0.3 is 0 Å². The Balaban J connectivity index is 2.40. The van der Waals surface area contributed by atoms with Crippen LogP contribution in [0.4, 0.5) is 5.69 Å². The highest BCUT2D eigenvalue weighted by Gasteiger charge is 2.18. The lowest BCUT2D eigenvalue weighted by molar-refractivity contribution is 0.339. The zero-order valence-corrected chi connectivity index (χ0v) is 14.2. The van der Waals surface area contributed by atoms with Crippen LogP contribution in [0.1, 0.15) is 18.1 Å². The number of halogens is 1. The molecule has 0 fully saturated rings. The van der Waals surface area contributed by atoms with E-state index in [1.807, 2.05) is 6.07 Å². The Kier molecular flexibility index (Phi) is 5.14. The van der Waals surface area contributed by atoms with Gasteiger partial charge in [0, 0.05) is 5.02 Å². The summed E-state index contributed by atoms with van der Waals surface area (Å²) in [6.45, 7) is 3.95. The van der Waals surface area contributed by atoms with Crippen molar-refractivity contribution < 1.29 is 13.2 Å². The molecule has 0 bridgehead atoms. The maximum atomic E-state index is 12.5. The maximum absolute atomic E-state index is 12.5. The van der Waals surface area contributed by atoms with Crippen LogP contribution in [0.25, 0.3) is 0 Å². The van der Waals surface area contributed by atoms with Gasteiger partial charge in [-0.1, -0.05) is 17.7 Å². The van der Waals surface area contributed by atoms with Crippen molar-refractivity contribution in [3.8, 4) is 11.8 Å². The van der Waals surface area contributed by atoms with E-state index in [1.165, 1.54) is 24.3 Å². The van der Waals surface area contributed by atoms with Crippen LogP contribution in [0, 0.1) is 18.3 Å². The first-order valence-corrected chi connectivity index (χ1v) is 8.69. The molecule has 2 aromatic rings. The van der Waals surface area contributed by atoms with Gasteiger partial charge in [-0.15, -0.1) is 0 Å². The van der Waals surface area contributed by atoms with E-state index in [9.17, 15) is 8.42 Å². The lowest BCUT2D eigenvalue weighted by Crippen LogP contribution is -2.14. The summed E-state index contributed by atoms with van der Waals surface area (Å²) in [5.74, 6) is 0.355. The fourth-order valence-electron chi connectivity index (χ4n) is 1.95. The molecule has 120 valence electrons. The van der Waals surface area contributed by atoms with Crippen molar-refractivity contribution >= 4 is 27.3 Å². The van der Waals surface area contributed by atoms with E-state index in [2.05, 4.69) is 4.72 Å². The average Bonchev–Trinajstić information content (AvgIpc) is 2.51. The number of nitrogens with one attached hydrogen (secondary N) is 1. The molecule has 7 heteroatoms. The molecule has 5 nitrogen and oxygen atoms in total. The van der Waals surface area contributed by atoms with Crippen molar-refractivity contribution in [2.24, 2.45) is 0 Å². The van der Waals surface area contributed by atoms with Crippen LogP contribution in [0.3, 0.4) is 0 Å². The van der Waals surface area contributed by atoms with E-state index in [1.54, 1.807) is 26.0 Å². The van der Waals surface area contributed by atoms with Crippen LogP contribution in [0.5, 0.6) is 5.75 Å². The van der Waals surface area contributed by atoms with Gasteiger partial charge in [0.15, 0.2) is 0 Å². The van der Waals surface area contributed by atoms with Gasteiger partial charge < -0.3 is 4.74 Å². The molecule has 2 rings (SSSR count). The van der Waals surface area contributed by atoms with Crippen molar-refractivity contribution in [1.29, 1.82) is 5.26 Å². The van der Waals surface area contributed by atoms with Crippen molar-refractivity contribution in [2.75, 3.05) is 11.3 Å². The fraction of sp³-hybridized carbons (Fsp3) is 0.188. The first-order chi connectivity index (χ1) is 10.9. The SMILES string of the molecule is CCOc1ccc(S(=O)(=O)Nc2cc(Cl)ccc2C)cc1C#N. The van der Waals surface area contributed by atoms with Gasteiger partial charge in [-0.3, -0.25) is 4.72 Å². The molecule has 0 saturated carbocycles. The Hall–Kier alpha value is -2.23. The van der Waals surface area contributed by atoms with Crippen LogP contribution >= 0.6 is 11.6 Å². The summed E-state index contributed by atoms with van der Waals surface area (Å²) in [7, 11) is -3.83.